The molecule has 0 saturated heterocycles. The quantitative estimate of drug-likeness (QED) is 0.533. The molecule has 4 atom stereocenters. The monoisotopic (exact) mass is 152 g/mol. The summed E-state index contributed by atoms with van der Waals surface area (Å²) in [6.45, 7) is 7.16. The summed E-state index contributed by atoms with van der Waals surface area (Å²) < 4.78 is 0. The van der Waals surface area contributed by atoms with E-state index in [-0.39, 0.29) is 0 Å². The van der Waals surface area contributed by atoms with Crippen LogP contribution in [-0.2, 0) is 0 Å². The van der Waals surface area contributed by atoms with Gasteiger partial charge in [-0.15, -0.1) is 0 Å². The lowest BCUT2D eigenvalue weighted by Gasteiger charge is -2.25. The number of rotatable bonds is 2. The summed E-state index contributed by atoms with van der Waals surface area (Å²) in [5, 5.41) is 0. The van der Waals surface area contributed by atoms with Crippen LogP contribution in [0.2, 0.25) is 5.82 Å². The first-order valence-corrected chi connectivity index (χ1v) is 5.16. The lowest BCUT2D eigenvalue weighted by molar-refractivity contribution is 0.311. The van der Waals surface area contributed by atoms with Gasteiger partial charge in [0, 0.05) is 0 Å². The van der Waals surface area contributed by atoms with E-state index in [2.05, 4.69) is 28.6 Å². The van der Waals surface area contributed by atoms with Gasteiger partial charge in [-0.25, -0.2) is 0 Å². The van der Waals surface area contributed by atoms with E-state index < -0.39 is 0 Å². The predicted molar refractivity (Wildman–Crippen MR) is 53.6 cm³/mol. The zero-order chi connectivity index (χ0) is 8.43. The molecule has 0 aromatic rings. The SMILES string of the molecule is BC(C)C1C(C)CCC1CC. The molecule has 0 amide bonds. The van der Waals surface area contributed by atoms with Crippen LogP contribution in [-0.4, -0.2) is 7.85 Å². The third-order valence-corrected chi connectivity index (χ3v) is 3.49. The highest BCUT2D eigenvalue weighted by Gasteiger charge is 2.33. The Morgan fingerprint density at radius 2 is 2.09 bits per heavy atom. The minimum absolute atomic E-state index is 0.900. The van der Waals surface area contributed by atoms with Crippen molar-refractivity contribution in [1.82, 2.24) is 0 Å². The van der Waals surface area contributed by atoms with E-state index in [1.165, 1.54) is 19.3 Å². The molecule has 0 nitrogen and oxygen atoms in total. The summed E-state index contributed by atoms with van der Waals surface area (Å²) in [5.41, 5.74) is 0. The van der Waals surface area contributed by atoms with Crippen LogP contribution in [0.25, 0.3) is 0 Å². The van der Waals surface area contributed by atoms with Crippen LogP contribution in [0.15, 0.2) is 0 Å². The van der Waals surface area contributed by atoms with E-state index in [0.29, 0.717) is 0 Å². The Morgan fingerprint density at radius 3 is 2.45 bits per heavy atom. The van der Waals surface area contributed by atoms with Crippen LogP contribution in [0.3, 0.4) is 0 Å². The van der Waals surface area contributed by atoms with Gasteiger partial charge in [-0.2, -0.15) is 0 Å². The zero-order valence-electron chi connectivity index (χ0n) is 8.43. The molecular weight excluding hydrogens is 131 g/mol. The van der Waals surface area contributed by atoms with Crippen LogP contribution in [0, 0.1) is 17.8 Å². The molecule has 11 heavy (non-hydrogen) atoms. The van der Waals surface area contributed by atoms with Gasteiger partial charge in [0.25, 0.3) is 0 Å². The van der Waals surface area contributed by atoms with E-state index in [1.54, 1.807) is 0 Å². The molecule has 1 aliphatic carbocycles. The minimum Gasteiger partial charge on any atom is -0.0694 e. The molecular formula is C10H21B. The Morgan fingerprint density at radius 1 is 1.45 bits per heavy atom. The van der Waals surface area contributed by atoms with Crippen LogP contribution >= 0.6 is 0 Å². The summed E-state index contributed by atoms with van der Waals surface area (Å²) in [4.78, 5) is 0. The number of hydrogen-bond acceptors (Lipinski definition) is 0. The van der Waals surface area contributed by atoms with Crippen molar-refractivity contribution in [1.29, 1.82) is 0 Å². The average molecular weight is 152 g/mol. The normalized spacial score (nSPS) is 40.8. The van der Waals surface area contributed by atoms with Crippen molar-refractivity contribution in [3.63, 3.8) is 0 Å². The zero-order valence-corrected chi connectivity index (χ0v) is 8.43. The van der Waals surface area contributed by atoms with Crippen molar-refractivity contribution in [3.05, 3.63) is 0 Å². The molecule has 0 spiro atoms. The summed E-state index contributed by atoms with van der Waals surface area (Å²) in [7, 11) is 2.38. The molecule has 0 aromatic carbocycles. The van der Waals surface area contributed by atoms with Gasteiger partial charge in [-0.1, -0.05) is 39.4 Å². The molecule has 0 heterocycles. The van der Waals surface area contributed by atoms with Crippen LogP contribution in [0.4, 0.5) is 0 Å². The Balaban J connectivity index is 2.56. The van der Waals surface area contributed by atoms with Crippen molar-refractivity contribution < 1.29 is 0 Å². The van der Waals surface area contributed by atoms with E-state index in [0.717, 1.165) is 23.6 Å². The summed E-state index contributed by atoms with van der Waals surface area (Å²) in [6, 6.07) is 0. The molecule has 0 bridgehead atoms. The molecule has 0 aliphatic heterocycles. The van der Waals surface area contributed by atoms with Crippen molar-refractivity contribution in [2.75, 3.05) is 0 Å². The maximum absolute atomic E-state index is 2.43. The fourth-order valence-electron chi connectivity index (χ4n) is 3.00. The highest BCUT2D eigenvalue weighted by atomic mass is 14.4. The van der Waals surface area contributed by atoms with Gasteiger partial charge in [-0.3, -0.25) is 0 Å². The highest BCUT2D eigenvalue weighted by Crippen LogP contribution is 2.43. The maximum atomic E-state index is 2.43. The second-order valence-corrected chi connectivity index (χ2v) is 4.54. The molecule has 64 valence electrons. The largest absolute Gasteiger partial charge is 0.105 e. The minimum atomic E-state index is 0.900. The van der Waals surface area contributed by atoms with Gasteiger partial charge in [0.15, 0.2) is 0 Å². The van der Waals surface area contributed by atoms with Gasteiger partial charge >= 0.3 is 0 Å². The predicted octanol–water partition coefficient (Wildman–Crippen LogP) is 2.50. The first kappa shape index (κ1) is 9.16. The van der Waals surface area contributed by atoms with Crippen molar-refractivity contribution in [2.45, 2.75) is 45.9 Å². The van der Waals surface area contributed by atoms with Gasteiger partial charge < -0.3 is 0 Å². The summed E-state index contributed by atoms with van der Waals surface area (Å²) >= 11 is 0. The van der Waals surface area contributed by atoms with Gasteiger partial charge in [0.1, 0.15) is 7.85 Å². The van der Waals surface area contributed by atoms with Gasteiger partial charge in [0.05, 0.1) is 0 Å². The second-order valence-electron chi connectivity index (χ2n) is 4.54. The first-order valence-electron chi connectivity index (χ1n) is 5.16. The second kappa shape index (κ2) is 3.64. The van der Waals surface area contributed by atoms with E-state index in [1.807, 2.05) is 0 Å². The Bertz CT molecular complexity index is 120. The number of hydrogen-bond donors (Lipinski definition) is 0. The fraction of sp³-hybridized carbons (Fsp3) is 1.00. The standard InChI is InChI=1S/C10H21B/c1-4-9-6-5-7(2)10(9)8(3)11/h7-10H,4-6,11H2,1-3H3. The maximum Gasteiger partial charge on any atom is 0.105 e. The average Bonchev–Trinajstić information content (AvgIpc) is 2.30. The molecule has 1 fully saturated rings. The van der Waals surface area contributed by atoms with Crippen molar-refractivity contribution in [3.8, 4) is 0 Å². The van der Waals surface area contributed by atoms with Gasteiger partial charge in [-0.05, 0) is 24.2 Å². The smallest absolute Gasteiger partial charge is 0.0694 e. The molecule has 1 heteroatoms. The molecule has 1 rings (SSSR count). The molecule has 1 aliphatic rings. The lowest BCUT2D eigenvalue weighted by atomic mass is 9.70. The Hall–Kier alpha value is 0.0649. The fourth-order valence-corrected chi connectivity index (χ4v) is 3.00. The Labute approximate surface area is 72.2 Å². The van der Waals surface area contributed by atoms with Crippen LogP contribution in [0.5, 0.6) is 0 Å². The molecule has 0 aromatic heterocycles. The first-order chi connectivity index (χ1) is 5.16. The van der Waals surface area contributed by atoms with Crippen molar-refractivity contribution in [2.24, 2.45) is 17.8 Å². The third-order valence-electron chi connectivity index (χ3n) is 3.49. The van der Waals surface area contributed by atoms with E-state index in [9.17, 15) is 0 Å². The highest BCUT2D eigenvalue weighted by molar-refractivity contribution is 6.11. The van der Waals surface area contributed by atoms with Crippen LogP contribution < -0.4 is 0 Å². The lowest BCUT2D eigenvalue weighted by Crippen LogP contribution is -2.17. The van der Waals surface area contributed by atoms with Crippen LogP contribution in [0.1, 0.15) is 40.0 Å². The summed E-state index contributed by atoms with van der Waals surface area (Å²) in [6.07, 6.45) is 4.36. The van der Waals surface area contributed by atoms with E-state index >= 15 is 0 Å². The molecule has 0 N–H and O–H groups in total. The topological polar surface area (TPSA) is 0 Å². The molecule has 0 radical (unpaired) electrons. The van der Waals surface area contributed by atoms with E-state index in [4.69, 9.17) is 0 Å². The van der Waals surface area contributed by atoms with Gasteiger partial charge in [0.2, 0.25) is 0 Å². The Kier molecular flexibility index (Phi) is 3.03. The third kappa shape index (κ3) is 1.80. The van der Waals surface area contributed by atoms with Crippen molar-refractivity contribution >= 4 is 7.85 Å². The molecule has 4 unspecified atom stereocenters. The summed E-state index contributed by atoms with van der Waals surface area (Å²) in [5.74, 6) is 3.93. The molecule has 1 saturated carbocycles.